The molecule has 0 bridgehead atoms. The van der Waals surface area contributed by atoms with Crippen molar-refractivity contribution in [2.75, 3.05) is 0 Å². The van der Waals surface area contributed by atoms with Crippen LogP contribution in [0.15, 0.2) is 24.3 Å². The summed E-state index contributed by atoms with van der Waals surface area (Å²) >= 11 is 6.00. The van der Waals surface area contributed by atoms with Crippen LogP contribution < -0.4 is 5.32 Å². The van der Waals surface area contributed by atoms with Gasteiger partial charge in [-0.1, -0.05) is 43.1 Å². The summed E-state index contributed by atoms with van der Waals surface area (Å²) in [6, 6.07) is 7.05. The number of halogens is 1. The van der Waals surface area contributed by atoms with E-state index in [0.717, 1.165) is 5.56 Å². The van der Waals surface area contributed by atoms with Gasteiger partial charge in [0.15, 0.2) is 0 Å². The van der Waals surface area contributed by atoms with Gasteiger partial charge in [-0.05, 0) is 18.1 Å². The summed E-state index contributed by atoms with van der Waals surface area (Å²) < 4.78 is 0. The summed E-state index contributed by atoms with van der Waals surface area (Å²) in [5.41, 5.74) is 0.610. The molecule has 2 aromatic rings. The van der Waals surface area contributed by atoms with E-state index in [1.54, 1.807) is 24.3 Å². The van der Waals surface area contributed by atoms with E-state index in [4.69, 9.17) is 11.6 Å². The number of hydrogen-bond acceptors (Lipinski definition) is 4. The Kier molecular flexibility index (Phi) is 5.11. The minimum atomic E-state index is -0.606. The Bertz CT molecular complexity index is 699. The molecule has 7 nitrogen and oxygen atoms in total. The summed E-state index contributed by atoms with van der Waals surface area (Å²) in [5, 5.41) is 20.6. The zero-order valence-corrected chi connectivity index (χ0v) is 12.7. The predicted octanol–water partition coefficient (Wildman–Crippen LogP) is 2.85. The summed E-state index contributed by atoms with van der Waals surface area (Å²) in [5.74, 6) is -0.606. The number of aromatic amines is 1. The third-order valence-electron chi connectivity index (χ3n) is 3.11. The van der Waals surface area contributed by atoms with Crippen LogP contribution in [0.25, 0.3) is 0 Å². The molecule has 0 aliphatic heterocycles. The van der Waals surface area contributed by atoms with Crippen LogP contribution >= 0.6 is 11.6 Å². The van der Waals surface area contributed by atoms with Crippen molar-refractivity contribution in [3.8, 4) is 0 Å². The van der Waals surface area contributed by atoms with Gasteiger partial charge < -0.3 is 5.32 Å². The molecule has 0 aliphatic rings. The van der Waals surface area contributed by atoms with E-state index in [2.05, 4.69) is 15.5 Å². The molecular formula is C14H15ClN4O3. The van der Waals surface area contributed by atoms with Gasteiger partial charge in [0.05, 0.1) is 4.92 Å². The van der Waals surface area contributed by atoms with Crippen molar-refractivity contribution in [2.45, 2.75) is 26.3 Å². The highest BCUT2D eigenvalue weighted by Gasteiger charge is 2.28. The molecule has 0 saturated heterocycles. The fourth-order valence-corrected chi connectivity index (χ4v) is 2.26. The molecule has 0 aliphatic carbocycles. The third kappa shape index (κ3) is 3.43. The minimum Gasteiger partial charge on any atom is -0.346 e. The first-order chi connectivity index (χ1) is 10.5. The molecule has 1 aromatic carbocycles. The molecular weight excluding hydrogens is 308 g/mol. The van der Waals surface area contributed by atoms with Crippen LogP contribution in [0.4, 0.5) is 5.69 Å². The lowest BCUT2D eigenvalue weighted by Gasteiger charge is -2.05. The number of carbonyl (C=O) groups is 1. The van der Waals surface area contributed by atoms with Gasteiger partial charge in [0.25, 0.3) is 5.91 Å². The number of benzene rings is 1. The number of carbonyl (C=O) groups excluding carboxylic acids is 1. The van der Waals surface area contributed by atoms with Gasteiger partial charge in [0, 0.05) is 11.6 Å². The van der Waals surface area contributed by atoms with Gasteiger partial charge in [-0.2, -0.15) is 5.10 Å². The first kappa shape index (κ1) is 16.0. The van der Waals surface area contributed by atoms with Crippen LogP contribution in [0.2, 0.25) is 5.02 Å². The molecule has 0 radical (unpaired) electrons. The predicted molar refractivity (Wildman–Crippen MR) is 81.9 cm³/mol. The van der Waals surface area contributed by atoms with Gasteiger partial charge >= 0.3 is 5.69 Å². The monoisotopic (exact) mass is 322 g/mol. The van der Waals surface area contributed by atoms with Crippen LogP contribution in [-0.2, 0) is 13.0 Å². The zero-order chi connectivity index (χ0) is 16.1. The second kappa shape index (κ2) is 7.04. The Morgan fingerprint density at radius 3 is 2.82 bits per heavy atom. The number of rotatable bonds is 6. The highest BCUT2D eigenvalue weighted by molar-refractivity contribution is 6.31. The Morgan fingerprint density at radius 1 is 1.45 bits per heavy atom. The first-order valence-electron chi connectivity index (χ1n) is 6.77. The largest absolute Gasteiger partial charge is 0.346 e. The van der Waals surface area contributed by atoms with E-state index in [1.807, 2.05) is 6.92 Å². The van der Waals surface area contributed by atoms with Crippen molar-refractivity contribution in [1.29, 1.82) is 0 Å². The van der Waals surface area contributed by atoms with Crippen molar-refractivity contribution in [3.63, 3.8) is 0 Å². The van der Waals surface area contributed by atoms with E-state index in [9.17, 15) is 14.9 Å². The molecule has 1 aromatic heterocycles. The Labute approximate surface area is 131 Å². The van der Waals surface area contributed by atoms with Crippen LogP contribution in [0.1, 0.15) is 35.1 Å². The summed E-state index contributed by atoms with van der Waals surface area (Å²) in [7, 11) is 0. The lowest BCUT2D eigenvalue weighted by Crippen LogP contribution is -2.24. The van der Waals surface area contributed by atoms with Crippen LogP contribution in [-0.4, -0.2) is 21.0 Å². The van der Waals surface area contributed by atoms with Gasteiger partial charge in [-0.3, -0.25) is 20.0 Å². The van der Waals surface area contributed by atoms with Crippen LogP contribution in [0, 0.1) is 10.1 Å². The number of amides is 1. The summed E-state index contributed by atoms with van der Waals surface area (Å²) in [4.78, 5) is 22.7. The van der Waals surface area contributed by atoms with Gasteiger partial charge in [-0.15, -0.1) is 0 Å². The van der Waals surface area contributed by atoms with Gasteiger partial charge in [0.1, 0.15) is 5.69 Å². The fourth-order valence-electron chi connectivity index (χ4n) is 2.05. The molecule has 0 fully saturated rings. The van der Waals surface area contributed by atoms with Gasteiger partial charge in [0.2, 0.25) is 5.69 Å². The van der Waals surface area contributed by atoms with Crippen molar-refractivity contribution in [1.82, 2.24) is 15.5 Å². The molecule has 0 saturated carbocycles. The number of hydrogen-bond donors (Lipinski definition) is 2. The number of nitro groups is 1. The highest BCUT2D eigenvalue weighted by Crippen LogP contribution is 2.22. The third-order valence-corrected chi connectivity index (χ3v) is 3.48. The number of nitrogens with zero attached hydrogens (tertiary/aromatic N) is 2. The molecule has 0 unspecified atom stereocenters. The fraction of sp³-hybridized carbons (Fsp3) is 0.286. The quantitative estimate of drug-likeness (QED) is 0.630. The van der Waals surface area contributed by atoms with E-state index in [1.165, 1.54) is 0 Å². The molecule has 0 spiro atoms. The van der Waals surface area contributed by atoms with Crippen molar-refractivity contribution in [2.24, 2.45) is 0 Å². The molecule has 2 N–H and O–H groups in total. The molecule has 1 amide bonds. The van der Waals surface area contributed by atoms with Crippen molar-refractivity contribution in [3.05, 3.63) is 56.4 Å². The lowest BCUT2D eigenvalue weighted by molar-refractivity contribution is -0.385. The summed E-state index contributed by atoms with van der Waals surface area (Å²) in [6.45, 7) is 2.06. The average molecular weight is 323 g/mol. The number of aryl methyl sites for hydroxylation is 1. The van der Waals surface area contributed by atoms with Crippen LogP contribution in [0.3, 0.4) is 0 Å². The SMILES string of the molecule is CCCc1[nH]nc(C(=O)NCc2ccccc2Cl)c1[N+](=O)[O-]. The summed E-state index contributed by atoms with van der Waals surface area (Å²) in [6.07, 6.45) is 1.17. The number of nitrogens with one attached hydrogen (secondary N) is 2. The second-order valence-corrected chi connectivity index (χ2v) is 5.09. The molecule has 116 valence electrons. The zero-order valence-electron chi connectivity index (χ0n) is 11.9. The van der Waals surface area contributed by atoms with Crippen molar-refractivity contribution >= 4 is 23.2 Å². The van der Waals surface area contributed by atoms with Crippen molar-refractivity contribution < 1.29 is 9.72 Å². The maximum absolute atomic E-state index is 12.1. The Morgan fingerprint density at radius 2 is 2.18 bits per heavy atom. The molecule has 0 atom stereocenters. The van der Waals surface area contributed by atoms with E-state index >= 15 is 0 Å². The first-order valence-corrected chi connectivity index (χ1v) is 7.15. The average Bonchev–Trinajstić information content (AvgIpc) is 2.90. The van der Waals surface area contributed by atoms with E-state index < -0.39 is 10.8 Å². The lowest BCUT2D eigenvalue weighted by atomic mass is 10.2. The Balaban J connectivity index is 2.16. The van der Waals surface area contributed by atoms with E-state index in [0.29, 0.717) is 23.6 Å². The molecule has 8 heteroatoms. The Hall–Kier alpha value is -2.41. The number of aromatic nitrogens is 2. The highest BCUT2D eigenvalue weighted by atomic mass is 35.5. The van der Waals surface area contributed by atoms with E-state index in [-0.39, 0.29) is 17.9 Å². The second-order valence-electron chi connectivity index (χ2n) is 4.68. The molecule has 22 heavy (non-hydrogen) atoms. The normalized spacial score (nSPS) is 10.5. The molecule has 1 heterocycles. The topological polar surface area (TPSA) is 101 Å². The maximum Gasteiger partial charge on any atom is 0.322 e. The maximum atomic E-state index is 12.1. The van der Waals surface area contributed by atoms with Crippen LogP contribution in [0.5, 0.6) is 0 Å². The standard InChI is InChI=1S/C14H15ClN4O3/c1-2-5-11-13(19(21)22)12(18-17-11)14(20)16-8-9-6-3-4-7-10(9)15/h3-4,6-7H,2,5,8H2,1H3,(H,16,20)(H,17,18). The van der Waals surface area contributed by atoms with Gasteiger partial charge in [-0.25, -0.2) is 0 Å². The number of H-pyrrole nitrogens is 1. The minimum absolute atomic E-state index is 0.172. The molecule has 2 rings (SSSR count). The smallest absolute Gasteiger partial charge is 0.322 e.